The van der Waals surface area contributed by atoms with E-state index >= 15 is 0 Å². The third-order valence-corrected chi connectivity index (χ3v) is 12.6. The van der Waals surface area contributed by atoms with Gasteiger partial charge in [-0.2, -0.15) is 0 Å². The highest BCUT2D eigenvalue weighted by atomic mass is 16.8. The van der Waals surface area contributed by atoms with Crippen molar-refractivity contribution in [2.45, 2.75) is 107 Å². The molecule has 0 spiro atoms. The fourth-order valence-corrected chi connectivity index (χ4v) is 9.22. The van der Waals surface area contributed by atoms with Gasteiger partial charge in [-0.25, -0.2) is 0 Å². The van der Waals surface area contributed by atoms with Crippen LogP contribution >= 0.6 is 0 Å². The van der Waals surface area contributed by atoms with Crippen LogP contribution in [0.15, 0.2) is 200 Å². The lowest BCUT2D eigenvalue weighted by molar-refractivity contribution is -0.369. The van der Waals surface area contributed by atoms with E-state index < -0.39 is 73.6 Å². The van der Waals surface area contributed by atoms with Gasteiger partial charge < -0.3 is 47.4 Å². The van der Waals surface area contributed by atoms with E-state index in [1.807, 2.05) is 182 Å². The summed E-state index contributed by atoms with van der Waals surface area (Å²) in [5.41, 5.74) is 15.9. The maximum Gasteiger partial charge on any atom is 0.184 e. The molecule has 362 valence electrons. The summed E-state index contributed by atoms with van der Waals surface area (Å²) in [6.07, 6.45) is -7.75. The van der Waals surface area contributed by atoms with Crippen LogP contribution in [0, 0.1) is 0 Å². The molecule has 2 saturated heterocycles. The Kier molecular flexibility index (Phi) is 17.6. The molecule has 13 heteroatoms. The number of rotatable bonds is 22. The van der Waals surface area contributed by atoms with Crippen LogP contribution in [0.25, 0.3) is 10.4 Å². The van der Waals surface area contributed by atoms with E-state index in [0.29, 0.717) is 0 Å². The van der Waals surface area contributed by atoms with E-state index in [9.17, 15) is 5.53 Å². The van der Waals surface area contributed by atoms with Crippen molar-refractivity contribution < 1.29 is 47.4 Å². The standard InChI is InChI=1S/C57H59N3O10/c1-2-33-61-53-51(64-36-42-25-13-5-14-26-42)50(63-35-41-23-11-4-12-24-41)52(65-37-43-27-15-6-16-28-43)54(66-38-44-29-17-7-18-30-44)55(53)70-57-47(59-60-58)49(62-34-40-21-9-3-10-22-40)48-46(68-57)39-67-56(69-48)45-31-19-8-20-32-45/h2-32,46-57H,1,33-39H2/t46-,47-,48-,49-,50+,51+,52-,53+,54+,55-,56?,57-/m1/s1. The molecule has 13 nitrogen and oxygen atoms in total. The Morgan fingerprint density at radius 1 is 0.486 bits per heavy atom. The van der Waals surface area contributed by atoms with Gasteiger partial charge in [-0.3, -0.25) is 0 Å². The minimum atomic E-state index is -1.23. The normalized spacial score (nSPS) is 27.4. The van der Waals surface area contributed by atoms with Crippen molar-refractivity contribution in [1.82, 2.24) is 0 Å². The third-order valence-electron chi connectivity index (χ3n) is 12.6. The Labute approximate surface area is 409 Å². The minimum absolute atomic E-state index is 0.128. The molecule has 0 aromatic heterocycles. The second-order valence-corrected chi connectivity index (χ2v) is 17.4. The predicted molar refractivity (Wildman–Crippen MR) is 262 cm³/mol. The summed E-state index contributed by atoms with van der Waals surface area (Å²) >= 11 is 0. The van der Waals surface area contributed by atoms with Crippen molar-refractivity contribution in [2.24, 2.45) is 5.11 Å². The van der Waals surface area contributed by atoms with Crippen LogP contribution in [0.5, 0.6) is 0 Å². The summed E-state index contributed by atoms with van der Waals surface area (Å²) in [4.78, 5) is 3.36. The second-order valence-electron chi connectivity index (χ2n) is 17.4. The molecule has 0 N–H and O–H groups in total. The molecule has 3 aliphatic rings. The third kappa shape index (κ3) is 12.6. The summed E-state index contributed by atoms with van der Waals surface area (Å²) in [6, 6.07) is 58.1. The van der Waals surface area contributed by atoms with Gasteiger partial charge in [0, 0.05) is 10.5 Å². The lowest BCUT2D eigenvalue weighted by Crippen LogP contribution is -2.69. The van der Waals surface area contributed by atoms with Gasteiger partial charge in [0.05, 0.1) is 46.2 Å². The molecule has 1 aliphatic carbocycles. The summed E-state index contributed by atoms with van der Waals surface area (Å²) in [6.45, 7) is 5.34. The summed E-state index contributed by atoms with van der Waals surface area (Å²) < 4.78 is 69.1. The average molecular weight is 946 g/mol. The quantitative estimate of drug-likeness (QED) is 0.0279. The van der Waals surface area contributed by atoms with Crippen molar-refractivity contribution in [3.63, 3.8) is 0 Å². The first-order valence-corrected chi connectivity index (χ1v) is 23.8. The van der Waals surface area contributed by atoms with Gasteiger partial charge in [0.1, 0.15) is 61.0 Å². The molecule has 3 fully saturated rings. The Hall–Kier alpha value is -6.03. The number of hydrogen-bond acceptors (Lipinski definition) is 11. The van der Waals surface area contributed by atoms with Crippen LogP contribution in [-0.4, -0.2) is 80.5 Å². The van der Waals surface area contributed by atoms with Crippen LogP contribution in [0.1, 0.15) is 39.7 Å². The molecule has 0 amide bonds. The number of benzene rings is 6. The molecular formula is C57H59N3O10. The van der Waals surface area contributed by atoms with E-state index in [2.05, 4.69) is 16.6 Å². The van der Waals surface area contributed by atoms with Gasteiger partial charge >= 0.3 is 0 Å². The lowest BCUT2D eigenvalue weighted by atomic mass is 9.83. The first-order valence-electron chi connectivity index (χ1n) is 23.8. The number of azide groups is 1. The highest BCUT2D eigenvalue weighted by Crippen LogP contribution is 2.41. The van der Waals surface area contributed by atoms with Crippen LogP contribution in [-0.2, 0) is 80.4 Å². The van der Waals surface area contributed by atoms with Crippen LogP contribution in [0.2, 0.25) is 0 Å². The van der Waals surface area contributed by atoms with Gasteiger partial charge in [0.15, 0.2) is 12.6 Å². The highest BCUT2D eigenvalue weighted by Gasteiger charge is 2.58. The topological polar surface area (TPSA) is 141 Å². The predicted octanol–water partition coefficient (Wildman–Crippen LogP) is 10.4. The average Bonchev–Trinajstić information content (AvgIpc) is 3.42. The summed E-state index contributed by atoms with van der Waals surface area (Å²) in [5, 5.41) is 4.39. The zero-order chi connectivity index (χ0) is 47.7. The highest BCUT2D eigenvalue weighted by molar-refractivity contribution is 5.20. The number of ether oxygens (including phenoxy) is 10. The number of fused-ring (bicyclic) bond motifs is 1. The maximum atomic E-state index is 10.3. The van der Waals surface area contributed by atoms with E-state index in [1.165, 1.54) is 0 Å². The largest absolute Gasteiger partial charge is 0.370 e. The van der Waals surface area contributed by atoms with Crippen LogP contribution in [0.3, 0.4) is 0 Å². The Morgan fingerprint density at radius 2 is 0.857 bits per heavy atom. The molecule has 1 saturated carbocycles. The molecule has 9 rings (SSSR count). The molecule has 2 heterocycles. The summed E-state index contributed by atoms with van der Waals surface area (Å²) in [5.74, 6) is 0. The second kappa shape index (κ2) is 25.2. The molecule has 2 aliphatic heterocycles. The Balaban J connectivity index is 1.13. The number of hydrogen-bond donors (Lipinski definition) is 0. The van der Waals surface area contributed by atoms with Crippen molar-refractivity contribution in [3.05, 3.63) is 238 Å². The van der Waals surface area contributed by atoms with Crippen molar-refractivity contribution in [2.75, 3.05) is 13.2 Å². The fraction of sp³-hybridized carbons (Fsp3) is 0.333. The molecule has 0 radical (unpaired) electrons. The van der Waals surface area contributed by atoms with Crippen LogP contribution < -0.4 is 0 Å². The van der Waals surface area contributed by atoms with Crippen LogP contribution in [0.4, 0.5) is 0 Å². The zero-order valence-corrected chi connectivity index (χ0v) is 38.9. The Morgan fingerprint density at radius 3 is 1.26 bits per heavy atom. The van der Waals surface area contributed by atoms with Gasteiger partial charge in [0.2, 0.25) is 0 Å². The number of nitrogens with zero attached hydrogens (tertiary/aromatic N) is 3. The molecule has 6 aromatic rings. The monoisotopic (exact) mass is 945 g/mol. The van der Waals surface area contributed by atoms with Crippen molar-refractivity contribution >= 4 is 0 Å². The molecule has 70 heavy (non-hydrogen) atoms. The van der Waals surface area contributed by atoms with Crippen molar-refractivity contribution in [3.8, 4) is 0 Å². The minimum Gasteiger partial charge on any atom is -0.370 e. The maximum absolute atomic E-state index is 10.3. The van der Waals surface area contributed by atoms with Gasteiger partial charge in [0.25, 0.3) is 0 Å². The molecule has 12 atom stereocenters. The van der Waals surface area contributed by atoms with E-state index in [4.69, 9.17) is 47.4 Å². The van der Waals surface area contributed by atoms with E-state index in [-0.39, 0.29) is 46.2 Å². The molecular weight excluding hydrogens is 887 g/mol. The first-order chi connectivity index (χ1) is 34.6. The fourth-order valence-electron chi connectivity index (χ4n) is 9.22. The molecule has 1 unspecified atom stereocenters. The first kappa shape index (κ1) is 49.0. The van der Waals surface area contributed by atoms with E-state index in [0.717, 1.165) is 33.4 Å². The summed E-state index contributed by atoms with van der Waals surface area (Å²) in [7, 11) is 0. The van der Waals surface area contributed by atoms with Gasteiger partial charge in [-0.1, -0.05) is 193 Å². The zero-order valence-electron chi connectivity index (χ0n) is 38.9. The SMILES string of the molecule is C=CCO[C@H]1[C@@H](OCc2ccccc2)[C@H](OCc2ccccc2)[C@@H](OCc2ccccc2)[C@H](OCc2ccccc2)[C@@H]1O[C@H]1O[C@@H]2COC(c3ccccc3)O[C@H]2[C@H](OCc2ccccc2)[C@H]1N=[N+]=[N-]. The van der Waals surface area contributed by atoms with E-state index in [1.54, 1.807) is 6.08 Å². The van der Waals surface area contributed by atoms with Gasteiger partial charge in [-0.15, -0.1) is 6.58 Å². The van der Waals surface area contributed by atoms with Crippen molar-refractivity contribution in [1.29, 1.82) is 0 Å². The smallest absolute Gasteiger partial charge is 0.184 e. The molecule has 6 aromatic carbocycles. The molecule has 0 bridgehead atoms. The lowest BCUT2D eigenvalue weighted by Gasteiger charge is -2.52. The Bertz CT molecular complexity index is 2510. The van der Waals surface area contributed by atoms with Gasteiger partial charge in [-0.05, 0) is 33.3 Å².